The molecule has 110 valence electrons. The van der Waals surface area contributed by atoms with Gasteiger partial charge in [0.1, 0.15) is 11.2 Å². The van der Waals surface area contributed by atoms with Crippen molar-refractivity contribution in [2.24, 2.45) is 0 Å². The number of amides is 1. The van der Waals surface area contributed by atoms with Crippen LogP contribution >= 0.6 is 0 Å². The van der Waals surface area contributed by atoms with Crippen molar-refractivity contribution in [3.8, 4) is 0 Å². The number of carbonyl (C=O) groups is 1. The Balaban J connectivity index is 2.11. The van der Waals surface area contributed by atoms with E-state index < -0.39 is 11.2 Å². The van der Waals surface area contributed by atoms with E-state index in [4.69, 9.17) is 9.47 Å². The van der Waals surface area contributed by atoms with Gasteiger partial charge in [-0.15, -0.1) is 0 Å². The lowest BCUT2D eigenvalue weighted by atomic mass is 9.99. The predicted molar refractivity (Wildman–Crippen MR) is 75.3 cm³/mol. The van der Waals surface area contributed by atoms with Gasteiger partial charge in [0.15, 0.2) is 0 Å². The van der Waals surface area contributed by atoms with Crippen LogP contribution in [-0.4, -0.2) is 41.3 Å². The van der Waals surface area contributed by atoms with Gasteiger partial charge in [0, 0.05) is 12.7 Å². The maximum atomic E-state index is 12.2. The zero-order valence-electron chi connectivity index (χ0n) is 12.5. The zero-order valence-corrected chi connectivity index (χ0v) is 12.5. The van der Waals surface area contributed by atoms with Crippen LogP contribution in [0.4, 0.5) is 4.79 Å². The molecule has 0 saturated carbocycles. The first-order chi connectivity index (χ1) is 9.30. The molecule has 1 fully saturated rings. The van der Waals surface area contributed by atoms with E-state index >= 15 is 0 Å². The standard InChI is InChI=1S/C15H22N2O3/c1-14(2,3)20-13(18)17-9-10-19-15(4,11-17)12-7-5-6-8-16-12/h5-8H,9-11H2,1-4H3/t15-/m1/s1. The first-order valence-electron chi connectivity index (χ1n) is 6.84. The highest BCUT2D eigenvalue weighted by Gasteiger charge is 2.38. The molecule has 2 rings (SSSR count). The number of nitrogens with zero attached hydrogens (tertiary/aromatic N) is 2. The maximum absolute atomic E-state index is 12.2. The molecule has 2 heterocycles. The summed E-state index contributed by atoms with van der Waals surface area (Å²) in [5.41, 5.74) is -0.249. The molecule has 1 aromatic rings. The summed E-state index contributed by atoms with van der Waals surface area (Å²) in [6.07, 6.45) is 1.43. The molecule has 0 aromatic carbocycles. The highest BCUT2D eigenvalue weighted by molar-refractivity contribution is 5.68. The van der Waals surface area contributed by atoms with Crippen molar-refractivity contribution in [2.45, 2.75) is 38.9 Å². The molecule has 0 unspecified atom stereocenters. The Bertz CT molecular complexity index is 470. The van der Waals surface area contributed by atoms with Crippen molar-refractivity contribution >= 4 is 6.09 Å². The molecule has 20 heavy (non-hydrogen) atoms. The summed E-state index contributed by atoms with van der Waals surface area (Å²) in [4.78, 5) is 18.2. The summed E-state index contributed by atoms with van der Waals surface area (Å²) >= 11 is 0. The van der Waals surface area contributed by atoms with Gasteiger partial charge in [-0.05, 0) is 39.8 Å². The fourth-order valence-corrected chi connectivity index (χ4v) is 2.18. The molecule has 0 N–H and O–H groups in total. The van der Waals surface area contributed by atoms with Gasteiger partial charge in [-0.25, -0.2) is 4.79 Å². The Hall–Kier alpha value is -1.62. The summed E-state index contributed by atoms with van der Waals surface area (Å²) in [7, 11) is 0. The molecule has 1 saturated heterocycles. The smallest absolute Gasteiger partial charge is 0.410 e. The molecule has 1 amide bonds. The molecule has 1 aromatic heterocycles. The number of aromatic nitrogens is 1. The van der Waals surface area contributed by atoms with Crippen LogP contribution in [0.5, 0.6) is 0 Å². The minimum atomic E-state index is -0.587. The van der Waals surface area contributed by atoms with Gasteiger partial charge in [-0.1, -0.05) is 6.07 Å². The van der Waals surface area contributed by atoms with Gasteiger partial charge in [0.05, 0.1) is 18.8 Å². The maximum Gasteiger partial charge on any atom is 0.410 e. The van der Waals surface area contributed by atoms with E-state index in [-0.39, 0.29) is 6.09 Å². The van der Waals surface area contributed by atoms with Gasteiger partial charge in [-0.2, -0.15) is 0 Å². The highest BCUT2D eigenvalue weighted by Crippen LogP contribution is 2.28. The fourth-order valence-electron chi connectivity index (χ4n) is 2.18. The summed E-state index contributed by atoms with van der Waals surface area (Å²) in [6, 6.07) is 5.70. The lowest BCUT2D eigenvalue weighted by Gasteiger charge is -2.40. The molecule has 5 nitrogen and oxygen atoms in total. The second-order valence-corrected chi connectivity index (χ2v) is 6.20. The van der Waals surface area contributed by atoms with E-state index in [0.717, 1.165) is 5.69 Å². The van der Waals surface area contributed by atoms with Crippen LogP contribution < -0.4 is 0 Å². The molecule has 0 aliphatic carbocycles. The summed E-state index contributed by atoms with van der Waals surface area (Å²) in [5, 5.41) is 0. The van der Waals surface area contributed by atoms with Gasteiger partial charge in [0.2, 0.25) is 0 Å². The largest absolute Gasteiger partial charge is 0.444 e. The molecule has 5 heteroatoms. The molecule has 0 spiro atoms. The van der Waals surface area contributed by atoms with Crippen LogP contribution in [0.3, 0.4) is 0 Å². The van der Waals surface area contributed by atoms with Crippen LogP contribution in [-0.2, 0) is 15.1 Å². The molecular formula is C15H22N2O3. The monoisotopic (exact) mass is 278 g/mol. The van der Waals surface area contributed by atoms with Gasteiger partial charge in [-0.3, -0.25) is 4.98 Å². The van der Waals surface area contributed by atoms with Crippen LogP contribution in [0.15, 0.2) is 24.4 Å². The van der Waals surface area contributed by atoms with Crippen molar-refractivity contribution in [3.05, 3.63) is 30.1 Å². The predicted octanol–water partition coefficient (Wildman–Crippen LogP) is 2.56. The van der Waals surface area contributed by atoms with Crippen molar-refractivity contribution < 1.29 is 14.3 Å². The van der Waals surface area contributed by atoms with E-state index in [1.54, 1.807) is 11.1 Å². The van der Waals surface area contributed by atoms with Crippen LogP contribution in [0.25, 0.3) is 0 Å². The number of morpholine rings is 1. The number of carbonyl (C=O) groups excluding carboxylic acids is 1. The van der Waals surface area contributed by atoms with Crippen molar-refractivity contribution in [3.63, 3.8) is 0 Å². The second-order valence-electron chi connectivity index (χ2n) is 6.20. The van der Waals surface area contributed by atoms with E-state index in [0.29, 0.717) is 19.7 Å². The molecule has 0 radical (unpaired) electrons. The summed E-state index contributed by atoms with van der Waals surface area (Å²) in [5.74, 6) is 0. The normalized spacial score (nSPS) is 23.5. The summed E-state index contributed by atoms with van der Waals surface area (Å²) in [6.45, 7) is 9.00. The van der Waals surface area contributed by atoms with E-state index in [9.17, 15) is 4.79 Å². The zero-order chi connectivity index (χ0) is 14.8. The third kappa shape index (κ3) is 3.48. The molecular weight excluding hydrogens is 256 g/mol. The quantitative estimate of drug-likeness (QED) is 0.792. The average Bonchev–Trinajstić information content (AvgIpc) is 2.38. The molecule has 1 aliphatic heterocycles. The third-order valence-corrected chi connectivity index (χ3v) is 3.13. The SMILES string of the molecule is CC(C)(C)OC(=O)N1CCO[C@@](C)(c2ccccn2)C1. The van der Waals surface area contributed by atoms with Crippen LogP contribution in [0.1, 0.15) is 33.4 Å². The minimum absolute atomic E-state index is 0.303. The van der Waals surface area contributed by atoms with E-state index in [2.05, 4.69) is 4.98 Å². The van der Waals surface area contributed by atoms with Crippen molar-refractivity contribution in [1.82, 2.24) is 9.88 Å². The van der Waals surface area contributed by atoms with Gasteiger partial charge >= 0.3 is 6.09 Å². The molecule has 0 bridgehead atoms. The highest BCUT2D eigenvalue weighted by atomic mass is 16.6. The Labute approximate surface area is 119 Å². The number of rotatable bonds is 1. The van der Waals surface area contributed by atoms with E-state index in [1.165, 1.54) is 0 Å². The van der Waals surface area contributed by atoms with Gasteiger partial charge in [0.25, 0.3) is 0 Å². The topological polar surface area (TPSA) is 51.7 Å². The van der Waals surface area contributed by atoms with Gasteiger partial charge < -0.3 is 14.4 Å². The lowest BCUT2D eigenvalue weighted by molar-refractivity contribution is -0.105. The molecule has 1 aliphatic rings. The van der Waals surface area contributed by atoms with Crippen LogP contribution in [0, 0.1) is 0 Å². The van der Waals surface area contributed by atoms with Crippen LogP contribution in [0.2, 0.25) is 0 Å². The minimum Gasteiger partial charge on any atom is -0.444 e. The Morgan fingerprint density at radius 3 is 2.80 bits per heavy atom. The fraction of sp³-hybridized carbons (Fsp3) is 0.600. The Morgan fingerprint density at radius 2 is 2.20 bits per heavy atom. The first-order valence-corrected chi connectivity index (χ1v) is 6.84. The third-order valence-electron chi connectivity index (χ3n) is 3.13. The summed E-state index contributed by atoms with van der Waals surface area (Å²) < 4.78 is 11.3. The Kier molecular flexibility index (Phi) is 3.99. The second kappa shape index (κ2) is 5.40. The van der Waals surface area contributed by atoms with Crippen molar-refractivity contribution in [1.29, 1.82) is 0 Å². The number of hydrogen-bond donors (Lipinski definition) is 0. The number of hydrogen-bond acceptors (Lipinski definition) is 4. The van der Waals surface area contributed by atoms with Crippen molar-refractivity contribution in [2.75, 3.05) is 19.7 Å². The molecule has 1 atom stereocenters. The first kappa shape index (κ1) is 14.8. The Morgan fingerprint density at radius 1 is 1.45 bits per heavy atom. The average molecular weight is 278 g/mol. The number of ether oxygens (including phenoxy) is 2. The lowest BCUT2D eigenvalue weighted by Crippen LogP contribution is -2.51. The number of pyridine rings is 1. The van der Waals surface area contributed by atoms with E-state index in [1.807, 2.05) is 45.9 Å².